The van der Waals surface area contributed by atoms with Gasteiger partial charge in [-0.15, -0.1) is 0 Å². The molecule has 0 radical (unpaired) electrons. The third-order valence-electron chi connectivity index (χ3n) is 7.37. The van der Waals surface area contributed by atoms with Crippen molar-refractivity contribution in [3.05, 3.63) is 78.1 Å². The van der Waals surface area contributed by atoms with Crippen LogP contribution in [0.1, 0.15) is 35.6 Å². The van der Waals surface area contributed by atoms with Crippen molar-refractivity contribution in [3.8, 4) is 0 Å². The average Bonchev–Trinajstić information content (AvgIpc) is 3.36. The number of thiazole rings is 1. The molecule has 0 aliphatic carbocycles. The molecule has 38 heavy (non-hydrogen) atoms. The molecule has 196 valence electrons. The van der Waals surface area contributed by atoms with Gasteiger partial charge in [0.15, 0.2) is 0 Å². The summed E-state index contributed by atoms with van der Waals surface area (Å²) >= 11 is 11.9. The highest BCUT2D eigenvalue weighted by atomic mass is 79.9. The molecular formula is C27H23BrClN3O4S2. The first kappa shape index (κ1) is 25.9. The summed E-state index contributed by atoms with van der Waals surface area (Å²) in [6.45, 7) is 1.32. The zero-order valence-electron chi connectivity index (χ0n) is 20.1. The Bertz CT molecular complexity index is 1480. The first-order valence-electron chi connectivity index (χ1n) is 12.4. The minimum atomic E-state index is -0.718. The summed E-state index contributed by atoms with van der Waals surface area (Å²) in [5.74, 6) is -1.89. The maximum absolute atomic E-state index is 13.9. The number of imide groups is 1. The summed E-state index contributed by atoms with van der Waals surface area (Å²) in [6.07, 6.45) is 3.02. The van der Waals surface area contributed by atoms with E-state index >= 15 is 0 Å². The molecule has 2 fully saturated rings. The molecule has 3 aromatic rings. The van der Waals surface area contributed by atoms with Crippen molar-refractivity contribution in [3.63, 3.8) is 0 Å². The van der Waals surface area contributed by atoms with Crippen molar-refractivity contribution < 1.29 is 14.4 Å². The first-order valence-corrected chi connectivity index (χ1v) is 15.3. The molecule has 0 bridgehead atoms. The van der Waals surface area contributed by atoms with Gasteiger partial charge in [-0.3, -0.25) is 23.7 Å². The van der Waals surface area contributed by atoms with Crippen molar-refractivity contribution in [1.29, 1.82) is 0 Å². The van der Waals surface area contributed by atoms with Crippen LogP contribution in [-0.2, 0) is 20.9 Å². The third kappa shape index (κ3) is 4.45. The number of fused-ring (bicyclic) bond motifs is 2. The maximum atomic E-state index is 13.9. The number of carbonyl (C=O) groups is 3. The number of piperidine rings is 1. The summed E-state index contributed by atoms with van der Waals surface area (Å²) < 4.78 is 2.34. The predicted octanol–water partition coefficient (Wildman–Crippen LogP) is 5.13. The number of carbonyl (C=O) groups excluding carboxylic acids is 3. The maximum Gasteiger partial charge on any atom is 0.308 e. The minimum absolute atomic E-state index is 0.0685. The fourth-order valence-electron chi connectivity index (χ4n) is 5.51. The van der Waals surface area contributed by atoms with Crippen LogP contribution in [0.2, 0.25) is 5.02 Å². The predicted molar refractivity (Wildman–Crippen MR) is 152 cm³/mol. The second-order valence-electron chi connectivity index (χ2n) is 9.65. The minimum Gasteiger partial charge on any atom is -0.341 e. The van der Waals surface area contributed by atoms with Gasteiger partial charge in [-0.05, 0) is 61.2 Å². The van der Waals surface area contributed by atoms with Crippen LogP contribution in [0.15, 0.2) is 62.8 Å². The number of halogens is 2. The molecule has 0 spiro atoms. The lowest BCUT2D eigenvalue weighted by Gasteiger charge is -2.31. The number of benzene rings is 2. The van der Waals surface area contributed by atoms with E-state index in [1.807, 2.05) is 17.0 Å². The van der Waals surface area contributed by atoms with Gasteiger partial charge in [-0.1, -0.05) is 62.8 Å². The number of hydrogen-bond donors (Lipinski definition) is 0. The van der Waals surface area contributed by atoms with Crippen molar-refractivity contribution in [2.75, 3.05) is 18.0 Å². The third-order valence-corrected chi connectivity index (χ3v) is 10.7. The quantitative estimate of drug-likeness (QED) is 0.373. The molecule has 0 unspecified atom stereocenters. The van der Waals surface area contributed by atoms with Crippen LogP contribution in [0.4, 0.5) is 5.69 Å². The van der Waals surface area contributed by atoms with E-state index < -0.39 is 17.1 Å². The number of hydrogen-bond acceptors (Lipinski definition) is 6. The SMILES string of the molecule is O=C(Cn1c2c(sc1=O)[C@@H](c1ccc(Cl)cc1)[C@@H]1C(=O)N(c3ccc(Br)cc3)C(=O)[C@@H]1S2)N1CCCCC1. The van der Waals surface area contributed by atoms with E-state index in [1.54, 1.807) is 36.4 Å². The van der Waals surface area contributed by atoms with Crippen LogP contribution >= 0.6 is 50.6 Å². The van der Waals surface area contributed by atoms with E-state index in [1.165, 1.54) is 21.2 Å². The van der Waals surface area contributed by atoms with E-state index in [9.17, 15) is 19.2 Å². The Balaban J connectivity index is 1.43. The van der Waals surface area contributed by atoms with E-state index in [2.05, 4.69) is 15.9 Å². The molecule has 3 atom stereocenters. The summed E-state index contributed by atoms with van der Waals surface area (Å²) in [7, 11) is 0. The Hall–Kier alpha value is -2.40. The highest BCUT2D eigenvalue weighted by Crippen LogP contribution is 2.54. The molecule has 1 aromatic heterocycles. The number of nitrogens with zero attached hydrogens (tertiary/aromatic N) is 3. The van der Waals surface area contributed by atoms with Crippen LogP contribution in [0, 0.1) is 5.92 Å². The molecule has 2 saturated heterocycles. The van der Waals surface area contributed by atoms with Crippen molar-refractivity contribution in [1.82, 2.24) is 9.47 Å². The van der Waals surface area contributed by atoms with Gasteiger partial charge in [0.25, 0.3) is 0 Å². The Morgan fingerprint density at radius 2 is 1.63 bits per heavy atom. The fraction of sp³-hybridized carbons (Fsp3) is 0.333. The molecule has 3 aliphatic heterocycles. The highest BCUT2D eigenvalue weighted by Gasteiger charge is 2.56. The van der Waals surface area contributed by atoms with E-state index in [-0.39, 0.29) is 29.1 Å². The van der Waals surface area contributed by atoms with Gasteiger partial charge in [-0.2, -0.15) is 0 Å². The molecule has 0 N–H and O–H groups in total. The Morgan fingerprint density at radius 1 is 0.947 bits per heavy atom. The van der Waals surface area contributed by atoms with Gasteiger partial charge in [0.05, 0.1) is 16.6 Å². The standard InChI is InChI=1S/C27H23BrClN3O4S2/c28-16-6-10-18(11-7-16)32-24(34)21-20(15-4-8-17(29)9-5-15)23-26(37-22(21)25(32)35)31(27(36)38-23)14-19(33)30-12-2-1-3-13-30/h4-11,20-22H,1-3,12-14H2/t20-,21-,22+/m0/s1. The lowest BCUT2D eigenvalue weighted by atomic mass is 9.83. The Morgan fingerprint density at radius 3 is 2.32 bits per heavy atom. The van der Waals surface area contributed by atoms with E-state index in [0.29, 0.717) is 33.7 Å². The van der Waals surface area contributed by atoms with Crippen molar-refractivity contribution in [2.45, 2.75) is 42.0 Å². The van der Waals surface area contributed by atoms with Gasteiger partial charge < -0.3 is 4.90 Å². The smallest absolute Gasteiger partial charge is 0.308 e. The largest absolute Gasteiger partial charge is 0.341 e. The second kappa shape index (κ2) is 10.3. The average molecular weight is 633 g/mol. The number of rotatable bonds is 4. The molecule has 3 aliphatic rings. The van der Waals surface area contributed by atoms with Crippen molar-refractivity contribution >= 4 is 74.0 Å². The second-order valence-corrected chi connectivity index (χ2v) is 13.1. The fourth-order valence-corrected chi connectivity index (χ4v) is 8.67. The molecule has 11 heteroatoms. The number of aromatic nitrogens is 1. The zero-order chi connectivity index (χ0) is 26.6. The van der Waals surface area contributed by atoms with Gasteiger partial charge in [-0.25, -0.2) is 4.90 Å². The normalized spacial score (nSPS) is 22.9. The number of thioether (sulfide) groups is 1. The first-order chi connectivity index (χ1) is 18.3. The topological polar surface area (TPSA) is 79.7 Å². The van der Waals surface area contributed by atoms with E-state index in [0.717, 1.165) is 40.6 Å². The Kier molecular flexibility index (Phi) is 7.00. The summed E-state index contributed by atoms with van der Waals surface area (Å²) in [4.78, 5) is 57.5. The summed E-state index contributed by atoms with van der Waals surface area (Å²) in [5, 5.41) is 0.439. The molecule has 0 saturated carbocycles. The van der Waals surface area contributed by atoms with Gasteiger partial charge in [0.2, 0.25) is 17.7 Å². The summed E-state index contributed by atoms with van der Waals surface area (Å²) in [5.41, 5.74) is 1.31. The molecule has 2 aromatic carbocycles. The highest BCUT2D eigenvalue weighted by molar-refractivity contribution is 9.10. The van der Waals surface area contributed by atoms with Crippen LogP contribution in [0.3, 0.4) is 0 Å². The van der Waals surface area contributed by atoms with Gasteiger partial charge in [0.1, 0.15) is 11.8 Å². The van der Waals surface area contributed by atoms with Crippen LogP contribution in [0.5, 0.6) is 0 Å². The molecular weight excluding hydrogens is 610 g/mol. The lowest BCUT2D eigenvalue weighted by molar-refractivity contribution is -0.133. The molecule has 7 nitrogen and oxygen atoms in total. The molecule has 4 heterocycles. The van der Waals surface area contributed by atoms with Gasteiger partial charge >= 0.3 is 4.87 Å². The number of likely N-dealkylation sites (tertiary alicyclic amines) is 1. The Labute approximate surface area is 240 Å². The monoisotopic (exact) mass is 631 g/mol. The molecule has 3 amide bonds. The lowest BCUT2D eigenvalue weighted by Crippen LogP contribution is -2.39. The number of amides is 3. The summed E-state index contributed by atoms with van der Waals surface area (Å²) in [6, 6.07) is 14.3. The number of anilines is 1. The van der Waals surface area contributed by atoms with E-state index in [4.69, 9.17) is 11.6 Å². The van der Waals surface area contributed by atoms with Crippen LogP contribution < -0.4 is 9.77 Å². The van der Waals surface area contributed by atoms with Crippen molar-refractivity contribution in [2.24, 2.45) is 5.92 Å². The van der Waals surface area contributed by atoms with Crippen LogP contribution in [-0.4, -0.2) is 45.5 Å². The van der Waals surface area contributed by atoms with Gasteiger partial charge in [0, 0.05) is 33.4 Å². The molecule has 6 rings (SSSR count). The zero-order valence-corrected chi connectivity index (χ0v) is 24.1. The van der Waals surface area contributed by atoms with Crippen LogP contribution in [0.25, 0.3) is 0 Å².